The van der Waals surface area contributed by atoms with Gasteiger partial charge in [0.2, 0.25) is 0 Å². The first-order valence-corrected chi connectivity index (χ1v) is 6.27. The molecule has 5 nitrogen and oxygen atoms in total. The third-order valence-electron chi connectivity index (χ3n) is 3.55. The van der Waals surface area contributed by atoms with Crippen LogP contribution in [0.5, 0.6) is 0 Å². The number of nitrogens with zero attached hydrogens (tertiary/aromatic N) is 1. The number of carbonyl (C=O) groups excluding carboxylic acids is 1. The number of H-pyrrole nitrogens is 1. The molecule has 3 heterocycles. The number of aromatic nitrogens is 1. The number of amides is 1. The first-order valence-electron chi connectivity index (χ1n) is 6.27. The quantitative estimate of drug-likeness (QED) is 0.876. The van der Waals surface area contributed by atoms with Gasteiger partial charge < -0.3 is 14.7 Å². The largest absolute Gasteiger partial charge is 0.467 e. The number of aromatic amines is 1. The zero-order valence-corrected chi connectivity index (χ0v) is 10.9. The predicted molar refractivity (Wildman–Crippen MR) is 72.1 cm³/mol. The van der Waals surface area contributed by atoms with E-state index in [0.29, 0.717) is 17.8 Å². The summed E-state index contributed by atoms with van der Waals surface area (Å²) in [6, 6.07) is 9.29. The molecule has 0 saturated heterocycles. The van der Waals surface area contributed by atoms with Crippen LogP contribution in [0.2, 0.25) is 0 Å². The van der Waals surface area contributed by atoms with Crippen molar-refractivity contribution < 1.29 is 9.21 Å². The van der Waals surface area contributed by atoms with Gasteiger partial charge in [0.15, 0.2) is 0 Å². The third-order valence-corrected chi connectivity index (χ3v) is 3.55. The molecule has 2 aromatic heterocycles. The highest BCUT2D eigenvalue weighted by molar-refractivity contribution is 6.06. The average Bonchev–Trinajstić information content (AvgIpc) is 3.12. The van der Waals surface area contributed by atoms with E-state index in [2.05, 4.69) is 10.3 Å². The van der Waals surface area contributed by atoms with Crippen LogP contribution in [0.4, 0.5) is 0 Å². The summed E-state index contributed by atoms with van der Waals surface area (Å²) in [7, 11) is 0. The molecule has 2 N–H and O–H groups in total. The van der Waals surface area contributed by atoms with E-state index in [9.17, 15) is 10.1 Å². The Hall–Kier alpha value is -2.74. The molecule has 1 atom stereocenters. The molecule has 0 bridgehead atoms. The molecule has 0 radical (unpaired) electrons. The first kappa shape index (κ1) is 12.3. The minimum atomic E-state index is -0.651. The SMILES string of the molecule is CC1(c2ccco2)CC(c2ccc[nH]2)=C(C#N)C(=O)N1. The summed E-state index contributed by atoms with van der Waals surface area (Å²) in [5.41, 5.74) is 0.993. The third kappa shape index (κ3) is 1.82. The maximum absolute atomic E-state index is 12.2. The Morgan fingerprint density at radius 1 is 1.40 bits per heavy atom. The van der Waals surface area contributed by atoms with Crippen LogP contribution in [0.15, 0.2) is 46.7 Å². The van der Waals surface area contributed by atoms with Crippen molar-refractivity contribution >= 4 is 11.5 Å². The molecule has 5 heteroatoms. The van der Waals surface area contributed by atoms with Crippen LogP contribution < -0.4 is 5.32 Å². The summed E-state index contributed by atoms with van der Waals surface area (Å²) in [5.74, 6) is 0.300. The number of furan rings is 1. The van der Waals surface area contributed by atoms with Gasteiger partial charge >= 0.3 is 0 Å². The van der Waals surface area contributed by atoms with Gasteiger partial charge in [-0.05, 0) is 31.2 Å². The second kappa shape index (κ2) is 4.42. The zero-order chi connectivity index (χ0) is 14.2. The molecule has 1 aliphatic heterocycles. The van der Waals surface area contributed by atoms with Crippen molar-refractivity contribution in [3.8, 4) is 6.07 Å². The molecule has 100 valence electrons. The van der Waals surface area contributed by atoms with Gasteiger partial charge in [0.05, 0.1) is 11.8 Å². The summed E-state index contributed by atoms with van der Waals surface area (Å²) >= 11 is 0. The van der Waals surface area contributed by atoms with Crippen LogP contribution in [0.3, 0.4) is 0 Å². The molecule has 20 heavy (non-hydrogen) atoms. The van der Waals surface area contributed by atoms with E-state index in [0.717, 1.165) is 5.69 Å². The number of hydrogen-bond acceptors (Lipinski definition) is 3. The highest BCUT2D eigenvalue weighted by Crippen LogP contribution is 2.37. The Labute approximate surface area is 115 Å². The van der Waals surface area contributed by atoms with Gasteiger partial charge in [-0.25, -0.2) is 0 Å². The van der Waals surface area contributed by atoms with E-state index in [-0.39, 0.29) is 11.5 Å². The predicted octanol–water partition coefficient (Wildman–Crippen LogP) is 2.32. The summed E-state index contributed by atoms with van der Waals surface area (Å²) < 4.78 is 5.43. The molecular formula is C15H13N3O2. The molecule has 3 rings (SSSR count). The maximum atomic E-state index is 12.2. The van der Waals surface area contributed by atoms with Crippen LogP contribution in [-0.2, 0) is 10.3 Å². The van der Waals surface area contributed by atoms with Gasteiger partial charge in [-0.15, -0.1) is 0 Å². The van der Waals surface area contributed by atoms with E-state index in [4.69, 9.17) is 4.42 Å². The van der Waals surface area contributed by atoms with Crippen molar-refractivity contribution in [2.45, 2.75) is 18.9 Å². The smallest absolute Gasteiger partial charge is 0.263 e. The Morgan fingerprint density at radius 3 is 2.85 bits per heavy atom. The summed E-state index contributed by atoms with van der Waals surface area (Å²) in [4.78, 5) is 15.2. The van der Waals surface area contributed by atoms with Crippen molar-refractivity contribution in [2.75, 3.05) is 0 Å². The molecule has 0 aliphatic carbocycles. The minimum absolute atomic E-state index is 0.150. The van der Waals surface area contributed by atoms with Crippen molar-refractivity contribution in [1.29, 1.82) is 5.26 Å². The lowest BCUT2D eigenvalue weighted by Crippen LogP contribution is -2.47. The van der Waals surface area contributed by atoms with E-state index >= 15 is 0 Å². The normalized spacial score (nSPS) is 22.5. The second-order valence-electron chi connectivity index (χ2n) is 4.99. The lowest BCUT2D eigenvalue weighted by atomic mass is 9.83. The van der Waals surface area contributed by atoms with Crippen molar-refractivity contribution in [3.05, 3.63) is 53.8 Å². The monoisotopic (exact) mass is 267 g/mol. The summed E-state index contributed by atoms with van der Waals surface area (Å²) in [5, 5.41) is 12.1. The highest BCUT2D eigenvalue weighted by atomic mass is 16.3. The van der Waals surface area contributed by atoms with Crippen LogP contribution in [0.1, 0.15) is 24.8 Å². The lowest BCUT2D eigenvalue weighted by Gasteiger charge is -2.33. The molecule has 0 fully saturated rings. The van der Waals surface area contributed by atoms with Crippen molar-refractivity contribution in [3.63, 3.8) is 0 Å². The Morgan fingerprint density at radius 2 is 2.25 bits per heavy atom. The standard InChI is InChI=1S/C15H13N3O2/c1-15(13-5-3-7-20-13)8-10(12-4-2-6-17-12)11(9-16)14(19)18-15/h2-7,17H,8H2,1H3,(H,18,19). The molecule has 0 spiro atoms. The number of hydrogen-bond donors (Lipinski definition) is 2. The molecule has 0 saturated carbocycles. The average molecular weight is 267 g/mol. The van der Waals surface area contributed by atoms with E-state index < -0.39 is 5.54 Å². The van der Waals surface area contributed by atoms with E-state index in [1.165, 1.54) is 0 Å². The molecular weight excluding hydrogens is 254 g/mol. The van der Waals surface area contributed by atoms with Crippen LogP contribution in [0.25, 0.3) is 5.57 Å². The number of rotatable bonds is 2. The van der Waals surface area contributed by atoms with E-state index in [1.54, 1.807) is 18.5 Å². The van der Waals surface area contributed by atoms with Gasteiger partial charge in [0.1, 0.15) is 17.4 Å². The molecule has 0 aromatic carbocycles. The van der Waals surface area contributed by atoms with E-state index in [1.807, 2.05) is 31.2 Å². The molecule has 1 amide bonds. The molecule has 1 unspecified atom stereocenters. The highest BCUT2D eigenvalue weighted by Gasteiger charge is 2.39. The molecule has 1 aliphatic rings. The Balaban J connectivity index is 2.11. The topological polar surface area (TPSA) is 81.8 Å². The number of nitriles is 1. The number of nitrogens with one attached hydrogen (secondary N) is 2. The first-order chi connectivity index (χ1) is 9.64. The van der Waals surface area contributed by atoms with Crippen LogP contribution in [-0.4, -0.2) is 10.9 Å². The second-order valence-corrected chi connectivity index (χ2v) is 4.99. The Kier molecular flexibility index (Phi) is 2.72. The van der Waals surface area contributed by atoms with Gasteiger partial charge in [-0.3, -0.25) is 4.79 Å². The van der Waals surface area contributed by atoms with Gasteiger partial charge in [-0.1, -0.05) is 0 Å². The van der Waals surface area contributed by atoms with Crippen molar-refractivity contribution in [1.82, 2.24) is 10.3 Å². The molecule has 2 aromatic rings. The maximum Gasteiger partial charge on any atom is 0.263 e. The Bertz CT molecular complexity index is 705. The fourth-order valence-corrected chi connectivity index (χ4v) is 2.54. The van der Waals surface area contributed by atoms with Crippen LogP contribution >= 0.6 is 0 Å². The zero-order valence-electron chi connectivity index (χ0n) is 10.9. The lowest BCUT2D eigenvalue weighted by molar-refractivity contribution is -0.119. The van der Waals surface area contributed by atoms with Gasteiger partial charge in [-0.2, -0.15) is 5.26 Å². The fraction of sp³-hybridized carbons (Fsp3) is 0.200. The van der Waals surface area contributed by atoms with Gasteiger partial charge in [0.25, 0.3) is 5.91 Å². The van der Waals surface area contributed by atoms with Gasteiger partial charge in [0, 0.05) is 23.9 Å². The minimum Gasteiger partial charge on any atom is -0.467 e. The van der Waals surface area contributed by atoms with Crippen molar-refractivity contribution in [2.24, 2.45) is 0 Å². The fourth-order valence-electron chi connectivity index (χ4n) is 2.54. The van der Waals surface area contributed by atoms with Crippen LogP contribution in [0, 0.1) is 11.3 Å². The summed E-state index contributed by atoms with van der Waals surface area (Å²) in [6.45, 7) is 1.89. The number of carbonyl (C=O) groups is 1. The summed E-state index contributed by atoms with van der Waals surface area (Å²) in [6.07, 6.45) is 3.84.